The average molecular weight is 416 g/mol. The number of benzene rings is 1. The predicted octanol–water partition coefficient (Wildman–Crippen LogP) is 2.94. The molecule has 0 bridgehead atoms. The first-order valence-corrected chi connectivity index (χ1v) is 11.0. The van der Waals surface area contributed by atoms with E-state index in [0.29, 0.717) is 6.54 Å². The van der Waals surface area contributed by atoms with Gasteiger partial charge in [0.25, 0.3) is 5.88 Å². The van der Waals surface area contributed by atoms with Crippen molar-refractivity contribution in [3.63, 3.8) is 0 Å². The lowest BCUT2D eigenvalue weighted by atomic mass is 10.3. The maximum absolute atomic E-state index is 10.6. The van der Waals surface area contributed by atoms with Crippen molar-refractivity contribution in [2.24, 2.45) is 7.05 Å². The maximum Gasteiger partial charge on any atom is 0.379 e. The Labute approximate surface area is 169 Å². The van der Waals surface area contributed by atoms with Crippen LogP contribution in [0.15, 0.2) is 51.5 Å². The topological polar surface area (TPSA) is 47.4 Å². The lowest BCUT2D eigenvalue weighted by molar-refractivity contribution is 0.415. The molecular weight excluding hydrogens is 396 g/mol. The smallest absolute Gasteiger partial charge is 0.379 e. The molecule has 2 aromatic heterocycles. The zero-order valence-corrected chi connectivity index (χ0v) is 17.7. The molecule has 0 radical (unpaired) electrons. The molecule has 0 unspecified atom stereocenters. The predicted molar refractivity (Wildman–Crippen MR) is 114 cm³/mol. The molecule has 0 spiro atoms. The van der Waals surface area contributed by atoms with E-state index >= 15 is 0 Å². The SMILES string of the molecule is CCn1c(O)c(C=C=C2Sc3ccccc3N2C)sc1=[N+]=c1sccn1C. The maximum atomic E-state index is 10.6. The lowest BCUT2D eigenvalue weighted by Crippen LogP contribution is -2.23. The molecule has 3 aromatic rings. The Hall–Kier alpha value is -2.34. The zero-order valence-electron chi connectivity index (χ0n) is 15.2. The van der Waals surface area contributed by atoms with E-state index in [4.69, 9.17) is 4.67 Å². The number of hydrogen-bond donors (Lipinski definition) is 1. The number of para-hydroxylation sites is 1. The van der Waals surface area contributed by atoms with Gasteiger partial charge in [0, 0.05) is 23.4 Å². The first kappa shape index (κ1) is 18.0. The fourth-order valence-corrected chi connectivity index (χ4v) is 5.54. The number of anilines is 1. The normalized spacial score (nSPS) is 12.7. The highest BCUT2D eigenvalue weighted by Crippen LogP contribution is 2.44. The minimum absolute atomic E-state index is 0.233. The summed E-state index contributed by atoms with van der Waals surface area (Å²) in [6, 6.07) is 8.29. The first-order valence-electron chi connectivity index (χ1n) is 8.46. The third-order valence-corrected chi connectivity index (χ3v) is 7.25. The molecular formula is C19H19N4OS3+. The molecule has 8 heteroatoms. The van der Waals surface area contributed by atoms with Gasteiger partial charge in [-0.1, -0.05) is 41.0 Å². The largest absolute Gasteiger partial charge is 0.482 e. The second-order valence-electron chi connectivity index (χ2n) is 5.95. The Kier molecular flexibility index (Phi) is 4.91. The Balaban J connectivity index is 1.83. The third kappa shape index (κ3) is 3.34. The summed E-state index contributed by atoms with van der Waals surface area (Å²) >= 11 is 4.72. The van der Waals surface area contributed by atoms with Gasteiger partial charge in [0.1, 0.15) is 9.91 Å². The number of thioether (sulfide) groups is 1. The summed E-state index contributed by atoms with van der Waals surface area (Å²) in [6.45, 7) is 2.66. The van der Waals surface area contributed by atoms with Gasteiger partial charge in [-0.05, 0) is 30.4 Å². The van der Waals surface area contributed by atoms with E-state index in [1.165, 1.54) is 21.9 Å². The molecule has 0 aliphatic carbocycles. The van der Waals surface area contributed by atoms with E-state index in [-0.39, 0.29) is 5.88 Å². The highest BCUT2D eigenvalue weighted by Gasteiger charge is 2.21. The van der Waals surface area contributed by atoms with Crippen LogP contribution in [0.4, 0.5) is 5.69 Å². The molecule has 0 fully saturated rings. The van der Waals surface area contributed by atoms with Crippen molar-refractivity contribution in [2.45, 2.75) is 18.4 Å². The Morgan fingerprint density at radius 2 is 2.04 bits per heavy atom. The number of nitrogens with zero attached hydrogens (tertiary/aromatic N) is 4. The summed E-state index contributed by atoms with van der Waals surface area (Å²) in [7, 11) is 4.00. The van der Waals surface area contributed by atoms with Crippen LogP contribution in [0.25, 0.3) is 6.08 Å². The number of hydrogen-bond acceptors (Lipinski definition) is 5. The van der Waals surface area contributed by atoms with Crippen LogP contribution in [0.1, 0.15) is 11.8 Å². The van der Waals surface area contributed by atoms with Crippen LogP contribution < -0.4 is 19.2 Å². The van der Waals surface area contributed by atoms with Crippen molar-refractivity contribution in [3.8, 4) is 5.88 Å². The van der Waals surface area contributed by atoms with Gasteiger partial charge < -0.3 is 10.0 Å². The molecule has 0 saturated heterocycles. The quantitative estimate of drug-likeness (QED) is 0.517. The number of fused-ring (bicyclic) bond motifs is 1. The summed E-state index contributed by atoms with van der Waals surface area (Å²) in [5.41, 5.74) is 4.52. The zero-order chi connectivity index (χ0) is 19.0. The summed E-state index contributed by atoms with van der Waals surface area (Å²) in [5, 5.41) is 13.6. The van der Waals surface area contributed by atoms with E-state index in [1.807, 2.05) is 59.9 Å². The van der Waals surface area contributed by atoms with E-state index in [0.717, 1.165) is 19.5 Å². The van der Waals surface area contributed by atoms with Gasteiger partial charge in [-0.25, -0.2) is 13.8 Å². The number of aromatic nitrogens is 2. The minimum Gasteiger partial charge on any atom is -0.482 e. The number of aromatic hydroxyl groups is 1. The van der Waals surface area contributed by atoms with Gasteiger partial charge in [-0.15, -0.1) is 0 Å². The third-order valence-electron chi connectivity index (χ3n) is 4.24. The molecule has 5 nitrogen and oxygen atoms in total. The molecule has 0 amide bonds. The van der Waals surface area contributed by atoms with Crippen molar-refractivity contribution in [2.75, 3.05) is 11.9 Å². The first-order chi connectivity index (χ1) is 13.1. The number of rotatable bonds is 2. The second kappa shape index (κ2) is 7.35. The van der Waals surface area contributed by atoms with Crippen LogP contribution in [0, 0.1) is 0 Å². The fourth-order valence-electron chi connectivity index (χ4n) is 2.76. The van der Waals surface area contributed by atoms with Gasteiger partial charge in [0.15, 0.2) is 0 Å². The van der Waals surface area contributed by atoms with E-state index in [9.17, 15) is 5.11 Å². The molecule has 1 aromatic carbocycles. The van der Waals surface area contributed by atoms with Gasteiger partial charge in [-0.3, -0.25) is 0 Å². The highest BCUT2D eigenvalue weighted by atomic mass is 32.2. The standard InChI is InChI=1S/C19H18N4OS3/c1-4-23-17(24)15(27-19(23)20-18-21(2)11-12-25-18)9-10-16-22(3)13-7-5-6-8-14(13)26-16/h5-9,11-12H,4H2,1-3H3/p+1. The van der Waals surface area contributed by atoms with Crippen molar-refractivity contribution in [1.82, 2.24) is 13.8 Å². The van der Waals surface area contributed by atoms with Crippen LogP contribution >= 0.6 is 34.4 Å². The van der Waals surface area contributed by atoms with Crippen molar-refractivity contribution in [1.29, 1.82) is 0 Å². The summed E-state index contributed by atoms with van der Waals surface area (Å²) in [4.78, 5) is 5.77. The van der Waals surface area contributed by atoms with Gasteiger partial charge in [0.05, 0.1) is 25.5 Å². The molecule has 0 atom stereocenters. The van der Waals surface area contributed by atoms with E-state index in [1.54, 1.807) is 23.1 Å². The van der Waals surface area contributed by atoms with Crippen molar-refractivity contribution in [3.05, 3.63) is 61.1 Å². The lowest BCUT2D eigenvalue weighted by Gasteiger charge is -2.10. The van der Waals surface area contributed by atoms with Gasteiger partial charge in [0.2, 0.25) is 0 Å². The molecule has 3 heterocycles. The number of thiazole rings is 2. The molecule has 1 aliphatic heterocycles. The highest BCUT2D eigenvalue weighted by molar-refractivity contribution is 8.03. The fraction of sp³-hybridized carbons (Fsp3) is 0.211. The van der Waals surface area contributed by atoms with Crippen LogP contribution in [0.3, 0.4) is 0 Å². The Bertz CT molecular complexity index is 1210. The van der Waals surface area contributed by atoms with Crippen LogP contribution in [-0.2, 0) is 13.6 Å². The van der Waals surface area contributed by atoms with Crippen LogP contribution in [0.5, 0.6) is 5.88 Å². The second-order valence-corrected chi connectivity index (χ2v) is 8.86. The van der Waals surface area contributed by atoms with Gasteiger partial charge >= 0.3 is 9.60 Å². The van der Waals surface area contributed by atoms with E-state index in [2.05, 4.69) is 22.8 Å². The minimum atomic E-state index is 0.233. The number of aryl methyl sites for hydroxylation is 1. The summed E-state index contributed by atoms with van der Waals surface area (Å²) in [5.74, 6) is 0.233. The molecule has 4 rings (SSSR count). The summed E-state index contributed by atoms with van der Waals surface area (Å²) < 4.78 is 8.51. The van der Waals surface area contributed by atoms with Crippen molar-refractivity contribution >= 4 is 46.2 Å². The molecule has 1 aliphatic rings. The molecule has 27 heavy (non-hydrogen) atoms. The summed E-state index contributed by atoms with van der Waals surface area (Å²) in [6.07, 6.45) is 3.83. The average Bonchev–Trinajstić information content (AvgIpc) is 3.31. The monoisotopic (exact) mass is 415 g/mol. The van der Waals surface area contributed by atoms with Crippen LogP contribution in [-0.4, -0.2) is 21.3 Å². The molecule has 138 valence electrons. The molecule has 1 N–H and O–H groups in total. The van der Waals surface area contributed by atoms with Crippen LogP contribution in [0.2, 0.25) is 0 Å². The van der Waals surface area contributed by atoms with Gasteiger partial charge in [-0.2, -0.15) is 0 Å². The van der Waals surface area contributed by atoms with Crippen molar-refractivity contribution < 1.29 is 5.11 Å². The Morgan fingerprint density at radius 3 is 2.74 bits per heavy atom. The molecule has 0 saturated carbocycles. The van der Waals surface area contributed by atoms with E-state index < -0.39 is 0 Å². The Morgan fingerprint density at radius 1 is 1.22 bits per heavy atom.